The minimum absolute atomic E-state index is 0.132. The van der Waals surface area contributed by atoms with Crippen LogP contribution in [0.3, 0.4) is 0 Å². The fraction of sp³-hybridized carbons (Fsp3) is 0.667. The highest BCUT2D eigenvalue weighted by atomic mass is 16.6. The number of hydrogen-bond acceptors (Lipinski definition) is 4. The summed E-state index contributed by atoms with van der Waals surface area (Å²) in [6.07, 6.45) is 4.92. The molecule has 1 N–H and O–H groups in total. The molecule has 19 heavy (non-hydrogen) atoms. The number of rotatable bonds is 0. The maximum Gasteiger partial charge on any atom is 0.137 e. The molecule has 1 aromatic rings. The van der Waals surface area contributed by atoms with Gasteiger partial charge < -0.3 is 14.8 Å². The molecule has 2 saturated heterocycles. The van der Waals surface area contributed by atoms with Crippen LogP contribution in [0.25, 0.3) is 0 Å². The molecule has 0 aliphatic carbocycles. The van der Waals surface area contributed by atoms with Gasteiger partial charge in [0.05, 0.1) is 17.9 Å². The van der Waals surface area contributed by atoms with Crippen LogP contribution >= 0.6 is 0 Å². The van der Waals surface area contributed by atoms with Crippen LogP contribution in [0.15, 0.2) is 12.3 Å². The first-order valence-corrected chi connectivity index (χ1v) is 7.21. The van der Waals surface area contributed by atoms with Crippen LogP contribution in [-0.4, -0.2) is 31.3 Å². The van der Waals surface area contributed by atoms with Gasteiger partial charge >= 0.3 is 0 Å². The van der Waals surface area contributed by atoms with Gasteiger partial charge in [0.15, 0.2) is 0 Å². The zero-order valence-electron chi connectivity index (χ0n) is 11.4. The summed E-state index contributed by atoms with van der Waals surface area (Å²) in [5, 5.41) is 3.43. The van der Waals surface area contributed by atoms with Crippen molar-refractivity contribution in [2.24, 2.45) is 0 Å². The van der Waals surface area contributed by atoms with E-state index in [4.69, 9.17) is 9.47 Å². The van der Waals surface area contributed by atoms with Crippen molar-refractivity contribution in [3.05, 3.63) is 29.1 Å². The molecular weight excluding hydrogens is 240 g/mol. The van der Waals surface area contributed by atoms with Gasteiger partial charge in [-0.3, -0.25) is 4.98 Å². The lowest BCUT2D eigenvalue weighted by atomic mass is 9.82. The highest BCUT2D eigenvalue weighted by molar-refractivity contribution is 5.43. The van der Waals surface area contributed by atoms with Crippen molar-refractivity contribution in [2.45, 2.75) is 37.4 Å². The van der Waals surface area contributed by atoms with Crippen molar-refractivity contribution in [1.82, 2.24) is 10.3 Å². The van der Waals surface area contributed by atoms with E-state index in [9.17, 15) is 0 Å². The van der Waals surface area contributed by atoms with Crippen molar-refractivity contribution >= 4 is 0 Å². The molecule has 0 bridgehead atoms. The zero-order valence-corrected chi connectivity index (χ0v) is 11.4. The molecular formula is C15H20N2O2. The Morgan fingerprint density at radius 3 is 2.79 bits per heavy atom. The Labute approximate surface area is 113 Å². The molecule has 102 valence electrons. The van der Waals surface area contributed by atoms with Crippen LogP contribution in [0.5, 0.6) is 0 Å². The summed E-state index contributed by atoms with van der Waals surface area (Å²) in [6.45, 7) is 5.66. The predicted octanol–water partition coefficient (Wildman–Crippen LogP) is 1.61. The number of fused-ring (bicyclic) bond motifs is 3. The second kappa shape index (κ2) is 4.01. The smallest absolute Gasteiger partial charge is 0.137 e. The zero-order chi connectivity index (χ0) is 12.9. The molecule has 1 aromatic heterocycles. The average Bonchev–Trinajstić information content (AvgIpc) is 2.98. The highest BCUT2D eigenvalue weighted by Gasteiger charge is 2.56. The number of nitrogens with zero attached hydrogens (tertiary/aromatic N) is 1. The fourth-order valence-corrected chi connectivity index (χ4v) is 3.95. The van der Waals surface area contributed by atoms with Crippen molar-refractivity contribution < 1.29 is 9.47 Å². The SMILES string of the molecule is Cc1ccnc2c1C1(CCNCC1)O[C@@]21CCOC1. The molecule has 2 spiro atoms. The Morgan fingerprint density at radius 2 is 2.05 bits per heavy atom. The molecule has 0 saturated carbocycles. The third-order valence-electron chi connectivity index (χ3n) is 4.83. The number of piperidine rings is 1. The van der Waals surface area contributed by atoms with Gasteiger partial charge in [-0.25, -0.2) is 0 Å². The van der Waals surface area contributed by atoms with E-state index in [2.05, 4.69) is 23.3 Å². The van der Waals surface area contributed by atoms with Gasteiger partial charge in [0.2, 0.25) is 0 Å². The Bertz CT molecular complexity index is 503. The predicted molar refractivity (Wildman–Crippen MR) is 71.0 cm³/mol. The van der Waals surface area contributed by atoms with Gasteiger partial charge in [-0.15, -0.1) is 0 Å². The Morgan fingerprint density at radius 1 is 1.21 bits per heavy atom. The Balaban J connectivity index is 1.89. The largest absolute Gasteiger partial charge is 0.378 e. The van der Waals surface area contributed by atoms with E-state index in [1.54, 1.807) is 0 Å². The van der Waals surface area contributed by atoms with Gasteiger partial charge in [0.25, 0.3) is 0 Å². The van der Waals surface area contributed by atoms with Crippen molar-refractivity contribution in [2.75, 3.05) is 26.3 Å². The first kappa shape index (κ1) is 11.8. The van der Waals surface area contributed by atoms with Crippen LogP contribution < -0.4 is 5.32 Å². The van der Waals surface area contributed by atoms with Crippen LogP contribution in [-0.2, 0) is 20.7 Å². The van der Waals surface area contributed by atoms with E-state index in [0.29, 0.717) is 6.61 Å². The Hall–Kier alpha value is -0.970. The number of aryl methyl sites for hydroxylation is 1. The molecule has 2 fully saturated rings. The van der Waals surface area contributed by atoms with Gasteiger partial charge in [-0.2, -0.15) is 0 Å². The number of nitrogens with one attached hydrogen (secondary N) is 1. The summed E-state index contributed by atoms with van der Waals surface area (Å²) in [6, 6.07) is 2.11. The third kappa shape index (κ3) is 1.54. The van der Waals surface area contributed by atoms with Gasteiger partial charge in [-0.05, 0) is 44.5 Å². The Kier molecular flexibility index (Phi) is 2.50. The fourth-order valence-electron chi connectivity index (χ4n) is 3.95. The van der Waals surface area contributed by atoms with Crippen molar-refractivity contribution in [3.8, 4) is 0 Å². The molecule has 3 aliphatic rings. The number of hydrogen-bond donors (Lipinski definition) is 1. The summed E-state index contributed by atoms with van der Waals surface area (Å²) < 4.78 is 12.3. The topological polar surface area (TPSA) is 43.4 Å². The van der Waals surface area contributed by atoms with Crippen LogP contribution in [0.2, 0.25) is 0 Å². The van der Waals surface area contributed by atoms with Crippen LogP contribution in [0.4, 0.5) is 0 Å². The minimum Gasteiger partial charge on any atom is -0.378 e. The summed E-state index contributed by atoms with van der Waals surface area (Å²) in [5.74, 6) is 0. The molecule has 4 rings (SSSR count). The molecule has 4 nitrogen and oxygen atoms in total. The normalized spacial score (nSPS) is 32.1. The highest BCUT2D eigenvalue weighted by Crippen LogP contribution is 2.54. The lowest BCUT2D eigenvalue weighted by Gasteiger charge is -2.37. The molecule has 0 aromatic carbocycles. The summed E-state index contributed by atoms with van der Waals surface area (Å²) in [5.41, 5.74) is 3.40. The summed E-state index contributed by atoms with van der Waals surface area (Å²) >= 11 is 0. The lowest BCUT2D eigenvalue weighted by Crippen LogP contribution is -2.42. The average molecular weight is 260 g/mol. The first-order chi connectivity index (χ1) is 9.26. The lowest BCUT2D eigenvalue weighted by molar-refractivity contribution is -0.156. The van der Waals surface area contributed by atoms with E-state index in [-0.39, 0.29) is 11.2 Å². The first-order valence-electron chi connectivity index (χ1n) is 7.21. The second-order valence-corrected chi connectivity index (χ2v) is 5.99. The van der Waals surface area contributed by atoms with E-state index >= 15 is 0 Å². The van der Waals surface area contributed by atoms with E-state index in [1.165, 1.54) is 11.1 Å². The summed E-state index contributed by atoms with van der Waals surface area (Å²) in [4.78, 5) is 4.68. The number of pyridine rings is 1. The maximum absolute atomic E-state index is 6.66. The van der Waals surface area contributed by atoms with Crippen molar-refractivity contribution in [3.63, 3.8) is 0 Å². The van der Waals surface area contributed by atoms with Gasteiger partial charge in [0.1, 0.15) is 5.60 Å². The van der Waals surface area contributed by atoms with Gasteiger partial charge in [0, 0.05) is 24.8 Å². The molecule has 4 heteroatoms. The minimum atomic E-state index is -0.279. The monoisotopic (exact) mass is 260 g/mol. The number of ether oxygens (including phenoxy) is 2. The maximum atomic E-state index is 6.66. The molecule has 4 heterocycles. The van der Waals surface area contributed by atoms with E-state index < -0.39 is 0 Å². The van der Waals surface area contributed by atoms with Crippen LogP contribution in [0, 0.1) is 6.92 Å². The summed E-state index contributed by atoms with van der Waals surface area (Å²) in [7, 11) is 0. The third-order valence-corrected chi connectivity index (χ3v) is 4.83. The van der Waals surface area contributed by atoms with E-state index in [0.717, 1.165) is 44.7 Å². The van der Waals surface area contributed by atoms with Crippen LogP contribution in [0.1, 0.15) is 36.1 Å². The quantitative estimate of drug-likeness (QED) is 0.769. The van der Waals surface area contributed by atoms with Gasteiger partial charge in [-0.1, -0.05) is 0 Å². The molecule has 3 aliphatic heterocycles. The standard InChI is InChI=1S/C15H20N2O2/c1-11-2-6-17-13-12(11)14(3-7-16-8-4-14)19-15(13)5-9-18-10-15/h2,6,16H,3-5,7-10H2,1H3/t15-/m1/s1. The molecule has 1 atom stereocenters. The molecule has 0 unspecified atom stereocenters. The molecule has 0 amide bonds. The van der Waals surface area contributed by atoms with E-state index in [1.807, 2.05) is 6.20 Å². The molecule has 0 radical (unpaired) electrons. The number of aromatic nitrogens is 1. The second-order valence-electron chi connectivity index (χ2n) is 5.99. The van der Waals surface area contributed by atoms with Crippen molar-refractivity contribution in [1.29, 1.82) is 0 Å².